The number of nitrogens with zero attached hydrogens (tertiary/aromatic N) is 1. The van der Waals surface area contributed by atoms with E-state index in [0.717, 1.165) is 26.1 Å². The lowest BCUT2D eigenvalue weighted by Gasteiger charge is -2.28. The Hall–Kier alpha value is -1.75. The van der Waals surface area contributed by atoms with Gasteiger partial charge in [-0.05, 0) is 44.0 Å². The SMILES string of the molecule is COc1cccc(OC)c1C(=O)N(C)CC1CCCNC1. The zero-order valence-electron chi connectivity index (χ0n) is 13.0. The number of carbonyl (C=O) groups excluding carboxylic acids is 1. The predicted octanol–water partition coefficient (Wildman–Crippen LogP) is 1.78. The molecule has 5 nitrogen and oxygen atoms in total. The molecule has 0 radical (unpaired) electrons. The van der Waals surface area contributed by atoms with Crippen LogP contribution in [0.1, 0.15) is 23.2 Å². The van der Waals surface area contributed by atoms with Crippen molar-refractivity contribution in [2.24, 2.45) is 5.92 Å². The largest absolute Gasteiger partial charge is 0.496 e. The third-order valence-corrected chi connectivity index (χ3v) is 3.92. The summed E-state index contributed by atoms with van der Waals surface area (Å²) < 4.78 is 10.6. The van der Waals surface area contributed by atoms with Gasteiger partial charge in [-0.3, -0.25) is 4.79 Å². The Morgan fingerprint density at radius 3 is 2.52 bits per heavy atom. The summed E-state index contributed by atoms with van der Waals surface area (Å²) in [4.78, 5) is 14.5. The average molecular weight is 292 g/mol. The molecule has 0 spiro atoms. The van der Waals surface area contributed by atoms with E-state index in [0.29, 0.717) is 23.0 Å². The molecule has 1 aliphatic rings. The molecule has 2 rings (SSSR count). The monoisotopic (exact) mass is 292 g/mol. The van der Waals surface area contributed by atoms with E-state index in [9.17, 15) is 4.79 Å². The molecule has 1 atom stereocenters. The van der Waals surface area contributed by atoms with Crippen molar-refractivity contribution in [2.75, 3.05) is 40.9 Å². The zero-order valence-corrected chi connectivity index (χ0v) is 13.0. The van der Waals surface area contributed by atoms with Crippen LogP contribution in [-0.2, 0) is 0 Å². The van der Waals surface area contributed by atoms with Crippen molar-refractivity contribution in [3.8, 4) is 11.5 Å². The van der Waals surface area contributed by atoms with Crippen LogP contribution in [0.5, 0.6) is 11.5 Å². The van der Waals surface area contributed by atoms with Gasteiger partial charge >= 0.3 is 0 Å². The van der Waals surface area contributed by atoms with Gasteiger partial charge in [0.05, 0.1) is 14.2 Å². The highest BCUT2D eigenvalue weighted by atomic mass is 16.5. The van der Waals surface area contributed by atoms with E-state index in [1.165, 1.54) is 6.42 Å². The topological polar surface area (TPSA) is 50.8 Å². The van der Waals surface area contributed by atoms with Crippen LogP contribution in [0.25, 0.3) is 0 Å². The van der Waals surface area contributed by atoms with Crippen molar-refractivity contribution in [1.29, 1.82) is 0 Å². The molecule has 0 aromatic heterocycles. The van der Waals surface area contributed by atoms with E-state index >= 15 is 0 Å². The minimum atomic E-state index is -0.0603. The molecule has 1 saturated heterocycles. The van der Waals surface area contributed by atoms with Gasteiger partial charge in [0.15, 0.2) is 0 Å². The summed E-state index contributed by atoms with van der Waals surface area (Å²) >= 11 is 0. The molecule has 1 unspecified atom stereocenters. The first-order valence-electron chi connectivity index (χ1n) is 7.34. The molecule has 0 bridgehead atoms. The number of piperidine rings is 1. The van der Waals surface area contributed by atoms with Gasteiger partial charge in [0.1, 0.15) is 17.1 Å². The summed E-state index contributed by atoms with van der Waals surface area (Å²) in [6.45, 7) is 2.79. The lowest BCUT2D eigenvalue weighted by molar-refractivity contribution is 0.0758. The van der Waals surface area contributed by atoms with Gasteiger partial charge in [-0.2, -0.15) is 0 Å². The van der Waals surface area contributed by atoms with Crippen LogP contribution in [0.2, 0.25) is 0 Å². The van der Waals surface area contributed by atoms with E-state index < -0.39 is 0 Å². The molecule has 0 aliphatic carbocycles. The van der Waals surface area contributed by atoms with E-state index in [2.05, 4.69) is 5.32 Å². The van der Waals surface area contributed by atoms with Crippen molar-refractivity contribution in [1.82, 2.24) is 10.2 Å². The number of hydrogen-bond acceptors (Lipinski definition) is 4. The number of rotatable bonds is 5. The first-order valence-corrected chi connectivity index (χ1v) is 7.34. The van der Waals surface area contributed by atoms with Crippen molar-refractivity contribution in [3.05, 3.63) is 23.8 Å². The lowest BCUT2D eigenvalue weighted by atomic mass is 9.99. The maximum atomic E-state index is 12.7. The molecule has 1 fully saturated rings. The van der Waals surface area contributed by atoms with Crippen LogP contribution in [0.3, 0.4) is 0 Å². The van der Waals surface area contributed by atoms with Gasteiger partial charge in [-0.25, -0.2) is 0 Å². The maximum Gasteiger partial charge on any atom is 0.261 e. The van der Waals surface area contributed by atoms with Gasteiger partial charge in [0, 0.05) is 13.6 Å². The summed E-state index contributed by atoms with van der Waals surface area (Å²) in [5.41, 5.74) is 0.494. The Morgan fingerprint density at radius 1 is 1.33 bits per heavy atom. The molecule has 1 aromatic rings. The fourth-order valence-corrected chi connectivity index (χ4v) is 2.80. The Balaban J connectivity index is 2.14. The van der Waals surface area contributed by atoms with Gasteiger partial charge in [-0.1, -0.05) is 6.07 Å². The third kappa shape index (κ3) is 3.67. The van der Waals surface area contributed by atoms with E-state index in [1.807, 2.05) is 13.1 Å². The smallest absolute Gasteiger partial charge is 0.261 e. The highest BCUT2D eigenvalue weighted by molar-refractivity contribution is 5.99. The highest BCUT2D eigenvalue weighted by Crippen LogP contribution is 2.29. The molecule has 21 heavy (non-hydrogen) atoms. The van der Waals surface area contributed by atoms with Gasteiger partial charge < -0.3 is 19.7 Å². The summed E-state index contributed by atoms with van der Waals surface area (Å²) in [5.74, 6) is 1.55. The van der Waals surface area contributed by atoms with Crippen LogP contribution in [-0.4, -0.2) is 51.7 Å². The number of nitrogens with one attached hydrogen (secondary N) is 1. The molecule has 1 amide bonds. The Bertz CT molecular complexity index is 462. The molecular weight excluding hydrogens is 268 g/mol. The van der Waals surface area contributed by atoms with Gasteiger partial charge in [-0.15, -0.1) is 0 Å². The molecule has 0 saturated carbocycles. The Kier molecular flexibility index (Phi) is 5.44. The highest BCUT2D eigenvalue weighted by Gasteiger charge is 2.24. The second kappa shape index (κ2) is 7.31. The first-order chi connectivity index (χ1) is 10.2. The number of amides is 1. The van der Waals surface area contributed by atoms with Crippen molar-refractivity contribution < 1.29 is 14.3 Å². The number of ether oxygens (including phenoxy) is 2. The second-order valence-electron chi connectivity index (χ2n) is 5.44. The summed E-state index contributed by atoms with van der Waals surface area (Å²) in [6, 6.07) is 5.39. The van der Waals surface area contributed by atoms with Crippen molar-refractivity contribution >= 4 is 5.91 Å². The standard InChI is InChI=1S/C16H24N2O3/c1-18(11-12-6-5-9-17-10-12)16(19)15-13(20-2)7-4-8-14(15)21-3/h4,7-8,12,17H,5-6,9-11H2,1-3H3. The van der Waals surface area contributed by atoms with Crippen LogP contribution in [0.4, 0.5) is 0 Å². The first kappa shape index (κ1) is 15.6. The van der Waals surface area contributed by atoms with E-state index in [-0.39, 0.29) is 5.91 Å². The lowest BCUT2D eigenvalue weighted by Crippen LogP contribution is -2.39. The van der Waals surface area contributed by atoms with Crippen molar-refractivity contribution in [2.45, 2.75) is 12.8 Å². The normalized spacial score (nSPS) is 18.1. The number of benzene rings is 1. The quantitative estimate of drug-likeness (QED) is 0.899. The van der Waals surface area contributed by atoms with E-state index in [4.69, 9.17) is 9.47 Å². The molecule has 1 aliphatic heterocycles. The zero-order chi connectivity index (χ0) is 15.2. The Labute approximate surface area is 126 Å². The summed E-state index contributed by atoms with van der Waals surface area (Å²) in [7, 11) is 4.97. The van der Waals surface area contributed by atoms with Crippen LogP contribution >= 0.6 is 0 Å². The summed E-state index contributed by atoms with van der Waals surface area (Å²) in [6.07, 6.45) is 2.33. The number of hydrogen-bond donors (Lipinski definition) is 1. The molecule has 1 heterocycles. The molecule has 1 aromatic carbocycles. The third-order valence-electron chi connectivity index (χ3n) is 3.92. The molecule has 1 N–H and O–H groups in total. The van der Waals surface area contributed by atoms with Crippen LogP contribution < -0.4 is 14.8 Å². The van der Waals surface area contributed by atoms with Crippen LogP contribution in [0.15, 0.2) is 18.2 Å². The molecular formula is C16H24N2O3. The fraction of sp³-hybridized carbons (Fsp3) is 0.562. The predicted molar refractivity (Wildman–Crippen MR) is 82.1 cm³/mol. The average Bonchev–Trinajstić information content (AvgIpc) is 2.54. The number of methoxy groups -OCH3 is 2. The maximum absolute atomic E-state index is 12.7. The van der Waals surface area contributed by atoms with Crippen LogP contribution in [0, 0.1) is 5.92 Å². The van der Waals surface area contributed by atoms with Crippen molar-refractivity contribution in [3.63, 3.8) is 0 Å². The second-order valence-corrected chi connectivity index (χ2v) is 5.44. The molecule has 5 heteroatoms. The van der Waals surface area contributed by atoms with E-state index in [1.54, 1.807) is 31.3 Å². The molecule has 116 valence electrons. The van der Waals surface area contributed by atoms with Gasteiger partial charge in [0.25, 0.3) is 5.91 Å². The minimum absolute atomic E-state index is 0.0603. The number of carbonyl (C=O) groups is 1. The summed E-state index contributed by atoms with van der Waals surface area (Å²) in [5, 5.41) is 3.38. The minimum Gasteiger partial charge on any atom is -0.496 e. The Morgan fingerprint density at radius 2 is 2.00 bits per heavy atom. The van der Waals surface area contributed by atoms with Gasteiger partial charge in [0.2, 0.25) is 0 Å². The fourth-order valence-electron chi connectivity index (χ4n) is 2.80.